The lowest BCUT2D eigenvalue weighted by Gasteiger charge is -2.23. The number of aliphatic hydroxyl groups excluding tert-OH is 1. The van der Waals surface area contributed by atoms with E-state index >= 15 is 0 Å². The SMILES string of the molecule is COc1cccc2c(C)c(C(=O)NCC(C)(C)CCO)oc12. The maximum Gasteiger partial charge on any atom is 0.287 e. The van der Waals surface area contributed by atoms with Crippen molar-refractivity contribution in [1.82, 2.24) is 5.32 Å². The zero-order chi connectivity index (χ0) is 16.3. The Bertz CT molecular complexity index is 673. The van der Waals surface area contributed by atoms with E-state index in [1.54, 1.807) is 13.2 Å². The number of hydrogen-bond acceptors (Lipinski definition) is 4. The first kappa shape index (κ1) is 16.4. The molecule has 0 atom stereocenters. The van der Waals surface area contributed by atoms with Gasteiger partial charge in [-0.3, -0.25) is 4.79 Å². The van der Waals surface area contributed by atoms with Crippen LogP contribution in [-0.4, -0.2) is 31.3 Å². The molecule has 2 N–H and O–H groups in total. The molecule has 1 aromatic carbocycles. The van der Waals surface area contributed by atoms with Crippen molar-refractivity contribution in [3.05, 3.63) is 29.5 Å². The second-order valence-corrected chi connectivity index (χ2v) is 6.21. The van der Waals surface area contributed by atoms with Crippen LogP contribution in [0.25, 0.3) is 11.0 Å². The lowest BCUT2D eigenvalue weighted by Crippen LogP contribution is -2.34. The molecule has 0 aliphatic carbocycles. The monoisotopic (exact) mass is 305 g/mol. The molecule has 1 amide bonds. The third kappa shape index (κ3) is 3.25. The van der Waals surface area contributed by atoms with Crippen LogP contribution >= 0.6 is 0 Å². The van der Waals surface area contributed by atoms with Crippen molar-refractivity contribution >= 4 is 16.9 Å². The Morgan fingerprint density at radius 2 is 2.14 bits per heavy atom. The van der Waals surface area contributed by atoms with E-state index in [1.807, 2.05) is 32.9 Å². The topological polar surface area (TPSA) is 71.7 Å². The van der Waals surface area contributed by atoms with Crippen LogP contribution in [0.1, 0.15) is 36.4 Å². The molecule has 0 bridgehead atoms. The molecule has 1 heterocycles. The van der Waals surface area contributed by atoms with Crippen LogP contribution in [0.4, 0.5) is 0 Å². The van der Waals surface area contributed by atoms with Crippen LogP contribution in [0.5, 0.6) is 5.75 Å². The van der Waals surface area contributed by atoms with E-state index in [2.05, 4.69) is 5.32 Å². The Kier molecular flexibility index (Phi) is 4.76. The molecule has 0 saturated carbocycles. The minimum Gasteiger partial charge on any atom is -0.493 e. The number of methoxy groups -OCH3 is 1. The van der Waals surface area contributed by atoms with Gasteiger partial charge in [0.2, 0.25) is 0 Å². The molecule has 22 heavy (non-hydrogen) atoms. The number of aryl methyl sites for hydroxylation is 1. The van der Waals surface area contributed by atoms with E-state index in [-0.39, 0.29) is 17.9 Å². The van der Waals surface area contributed by atoms with Gasteiger partial charge in [0.15, 0.2) is 17.1 Å². The zero-order valence-electron chi connectivity index (χ0n) is 13.5. The molecule has 0 aliphatic heterocycles. The number of benzene rings is 1. The van der Waals surface area contributed by atoms with E-state index in [9.17, 15) is 4.79 Å². The highest BCUT2D eigenvalue weighted by Gasteiger charge is 2.23. The highest BCUT2D eigenvalue weighted by molar-refractivity contribution is 6.00. The highest BCUT2D eigenvalue weighted by Crippen LogP contribution is 2.32. The largest absolute Gasteiger partial charge is 0.493 e. The molecule has 0 saturated heterocycles. The average molecular weight is 305 g/mol. The molecule has 0 unspecified atom stereocenters. The van der Waals surface area contributed by atoms with Crippen LogP contribution in [0.15, 0.2) is 22.6 Å². The van der Waals surface area contributed by atoms with Crippen LogP contribution in [0.2, 0.25) is 0 Å². The Morgan fingerprint density at radius 1 is 1.41 bits per heavy atom. The molecule has 0 fully saturated rings. The summed E-state index contributed by atoms with van der Waals surface area (Å²) in [5.41, 5.74) is 1.22. The fourth-order valence-corrected chi connectivity index (χ4v) is 2.39. The van der Waals surface area contributed by atoms with Gasteiger partial charge < -0.3 is 19.6 Å². The highest BCUT2D eigenvalue weighted by atomic mass is 16.5. The van der Waals surface area contributed by atoms with Crippen LogP contribution in [0, 0.1) is 12.3 Å². The number of amides is 1. The fraction of sp³-hybridized carbons (Fsp3) is 0.471. The van der Waals surface area contributed by atoms with Crippen LogP contribution < -0.4 is 10.1 Å². The van der Waals surface area contributed by atoms with E-state index in [0.29, 0.717) is 30.1 Å². The van der Waals surface area contributed by atoms with Gasteiger partial charge in [0, 0.05) is 24.1 Å². The lowest BCUT2D eigenvalue weighted by molar-refractivity contribution is 0.0901. The average Bonchev–Trinajstić information content (AvgIpc) is 2.82. The number of nitrogens with one attached hydrogen (secondary N) is 1. The first-order valence-electron chi connectivity index (χ1n) is 7.35. The van der Waals surface area contributed by atoms with Crippen LogP contribution in [-0.2, 0) is 0 Å². The number of aliphatic hydroxyl groups is 1. The van der Waals surface area contributed by atoms with Gasteiger partial charge in [-0.15, -0.1) is 0 Å². The number of rotatable bonds is 6. The molecular weight excluding hydrogens is 282 g/mol. The van der Waals surface area contributed by atoms with Gasteiger partial charge >= 0.3 is 0 Å². The second kappa shape index (κ2) is 6.40. The molecule has 0 spiro atoms. The van der Waals surface area contributed by atoms with Gasteiger partial charge in [-0.25, -0.2) is 0 Å². The van der Waals surface area contributed by atoms with Crippen molar-refractivity contribution in [2.45, 2.75) is 27.2 Å². The molecule has 0 radical (unpaired) electrons. The van der Waals surface area contributed by atoms with Crippen molar-refractivity contribution in [3.63, 3.8) is 0 Å². The lowest BCUT2D eigenvalue weighted by atomic mass is 9.90. The molecule has 1 aromatic heterocycles. The number of furan rings is 1. The van der Waals surface area contributed by atoms with Crippen molar-refractivity contribution in [2.75, 3.05) is 20.3 Å². The molecule has 5 nitrogen and oxygen atoms in total. The fourth-order valence-electron chi connectivity index (χ4n) is 2.39. The molecule has 0 aliphatic rings. The predicted octanol–water partition coefficient (Wildman–Crippen LogP) is 2.89. The van der Waals surface area contributed by atoms with Gasteiger partial charge in [-0.05, 0) is 24.8 Å². The Morgan fingerprint density at radius 3 is 2.77 bits per heavy atom. The van der Waals surface area contributed by atoms with Gasteiger partial charge in [0.25, 0.3) is 5.91 Å². The summed E-state index contributed by atoms with van der Waals surface area (Å²) in [6.45, 7) is 6.43. The standard InChI is InChI=1S/C17H23NO4/c1-11-12-6-5-7-13(21-4)15(12)22-14(11)16(20)18-10-17(2,3)8-9-19/h5-7,19H,8-10H2,1-4H3,(H,18,20). The summed E-state index contributed by atoms with van der Waals surface area (Å²) in [5.74, 6) is 0.668. The summed E-state index contributed by atoms with van der Waals surface area (Å²) in [4.78, 5) is 12.4. The first-order valence-corrected chi connectivity index (χ1v) is 7.35. The molecule has 5 heteroatoms. The predicted molar refractivity (Wildman–Crippen MR) is 85.3 cm³/mol. The van der Waals surface area contributed by atoms with Gasteiger partial charge in [-0.2, -0.15) is 0 Å². The quantitative estimate of drug-likeness (QED) is 0.861. The number of para-hydroxylation sites is 1. The first-order chi connectivity index (χ1) is 10.4. The van der Waals surface area contributed by atoms with Crippen molar-refractivity contribution in [3.8, 4) is 5.75 Å². The second-order valence-electron chi connectivity index (χ2n) is 6.21. The van der Waals surface area contributed by atoms with Gasteiger partial charge in [0.05, 0.1) is 7.11 Å². The van der Waals surface area contributed by atoms with Crippen molar-refractivity contribution in [1.29, 1.82) is 0 Å². The summed E-state index contributed by atoms with van der Waals surface area (Å²) < 4.78 is 11.0. The summed E-state index contributed by atoms with van der Waals surface area (Å²) in [5, 5.41) is 12.8. The summed E-state index contributed by atoms with van der Waals surface area (Å²) in [6, 6.07) is 5.58. The zero-order valence-corrected chi connectivity index (χ0v) is 13.5. The summed E-state index contributed by atoms with van der Waals surface area (Å²) in [7, 11) is 1.57. The maximum absolute atomic E-state index is 12.4. The Balaban J connectivity index is 2.24. The van der Waals surface area contributed by atoms with Crippen LogP contribution in [0.3, 0.4) is 0 Å². The Labute approximate surface area is 130 Å². The maximum atomic E-state index is 12.4. The third-order valence-corrected chi connectivity index (χ3v) is 3.87. The summed E-state index contributed by atoms with van der Waals surface area (Å²) >= 11 is 0. The Hall–Kier alpha value is -2.01. The number of carbonyl (C=O) groups excluding carboxylic acids is 1. The van der Waals surface area contributed by atoms with Crippen molar-refractivity contribution < 1.29 is 19.1 Å². The van der Waals surface area contributed by atoms with E-state index in [1.165, 1.54) is 0 Å². The number of carbonyl (C=O) groups is 1. The minimum absolute atomic E-state index is 0.101. The molecule has 2 rings (SSSR count). The van der Waals surface area contributed by atoms with E-state index in [0.717, 1.165) is 10.9 Å². The molecule has 120 valence electrons. The van der Waals surface area contributed by atoms with Gasteiger partial charge in [0.1, 0.15) is 0 Å². The van der Waals surface area contributed by atoms with Gasteiger partial charge in [-0.1, -0.05) is 26.0 Å². The van der Waals surface area contributed by atoms with E-state index < -0.39 is 0 Å². The minimum atomic E-state index is -0.248. The van der Waals surface area contributed by atoms with E-state index in [4.69, 9.17) is 14.3 Å². The number of ether oxygens (including phenoxy) is 1. The summed E-state index contributed by atoms with van der Waals surface area (Å²) in [6.07, 6.45) is 0.625. The molecular formula is C17H23NO4. The third-order valence-electron chi connectivity index (χ3n) is 3.87. The van der Waals surface area contributed by atoms with Crippen molar-refractivity contribution in [2.24, 2.45) is 5.41 Å². The smallest absolute Gasteiger partial charge is 0.287 e. The normalized spacial score (nSPS) is 11.7. The number of hydrogen-bond donors (Lipinski definition) is 2. The molecule has 2 aromatic rings. The number of fused-ring (bicyclic) bond motifs is 1.